The number of nitrogen functional groups attached to an aromatic ring is 1. The molecule has 0 aliphatic carbocycles. The van der Waals surface area contributed by atoms with E-state index in [0.29, 0.717) is 13.1 Å². The second-order valence-electron chi connectivity index (χ2n) is 7.14. The zero-order valence-electron chi connectivity index (χ0n) is 13.0. The molecule has 0 saturated heterocycles. The molecule has 2 rings (SSSR count). The molecular formula is C16H24N2O2. The smallest absolute Gasteiger partial charge is 0.410 e. The summed E-state index contributed by atoms with van der Waals surface area (Å²) in [6.45, 7) is 11.1. The maximum Gasteiger partial charge on any atom is 0.410 e. The van der Waals surface area contributed by atoms with Gasteiger partial charge in [0, 0.05) is 24.2 Å². The summed E-state index contributed by atoms with van der Waals surface area (Å²) in [5.41, 5.74) is 8.41. The maximum atomic E-state index is 12.3. The number of anilines is 1. The molecule has 110 valence electrons. The van der Waals surface area contributed by atoms with Crippen molar-refractivity contribution in [1.29, 1.82) is 0 Å². The minimum atomic E-state index is -0.470. The fourth-order valence-electron chi connectivity index (χ4n) is 2.64. The van der Waals surface area contributed by atoms with E-state index in [1.807, 2.05) is 39.0 Å². The van der Waals surface area contributed by atoms with Crippen LogP contribution in [-0.2, 0) is 16.7 Å². The van der Waals surface area contributed by atoms with Gasteiger partial charge >= 0.3 is 6.09 Å². The molecule has 0 radical (unpaired) electrons. The Bertz CT molecular complexity index is 530. The van der Waals surface area contributed by atoms with Crippen molar-refractivity contribution in [2.24, 2.45) is 0 Å². The molecular weight excluding hydrogens is 252 g/mol. The topological polar surface area (TPSA) is 55.6 Å². The van der Waals surface area contributed by atoms with Gasteiger partial charge in [0.25, 0.3) is 0 Å². The van der Waals surface area contributed by atoms with Crippen LogP contribution in [-0.4, -0.2) is 23.1 Å². The van der Waals surface area contributed by atoms with E-state index in [1.165, 1.54) is 5.56 Å². The van der Waals surface area contributed by atoms with Gasteiger partial charge in [-0.25, -0.2) is 4.79 Å². The molecule has 0 unspecified atom stereocenters. The van der Waals surface area contributed by atoms with Crippen molar-refractivity contribution in [3.8, 4) is 0 Å². The summed E-state index contributed by atoms with van der Waals surface area (Å²) in [5.74, 6) is 0. The first kappa shape index (κ1) is 14.7. The summed E-state index contributed by atoms with van der Waals surface area (Å²) >= 11 is 0. The number of rotatable bonds is 0. The highest BCUT2D eigenvalue weighted by Gasteiger charge is 2.35. The highest BCUT2D eigenvalue weighted by atomic mass is 16.6. The van der Waals surface area contributed by atoms with E-state index in [1.54, 1.807) is 4.90 Å². The number of fused-ring (bicyclic) bond motifs is 1. The van der Waals surface area contributed by atoms with E-state index >= 15 is 0 Å². The number of hydrogen-bond donors (Lipinski definition) is 1. The van der Waals surface area contributed by atoms with E-state index in [0.717, 1.165) is 11.3 Å². The van der Waals surface area contributed by atoms with E-state index in [9.17, 15) is 4.79 Å². The third-order valence-corrected chi connectivity index (χ3v) is 3.46. The number of benzene rings is 1. The lowest BCUT2D eigenvalue weighted by Crippen LogP contribution is -2.46. The van der Waals surface area contributed by atoms with Crippen LogP contribution < -0.4 is 5.73 Å². The molecule has 1 heterocycles. The quantitative estimate of drug-likeness (QED) is 0.740. The average Bonchev–Trinajstić information content (AvgIpc) is 2.27. The maximum absolute atomic E-state index is 12.3. The van der Waals surface area contributed by atoms with Gasteiger partial charge in [0.15, 0.2) is 0 Å². The minimum Gasteiger partial charge on any atom is -0.444 e. The molecule has 0 fully saturated rings. The van der Waals surface area contributed by atoms with Crippen LogP contribution in [0, 0.1) is 0 Å². The van der Waals surface area contributed by atoms with Gasteiger partial charge in [0.1, 0.15) is 5.60 Å². The molecule has 0 spiro atoms. The van der Waals surface area contributed by atoms with Crippen LogP contribution in [0.5, 0.6) is 0 Å². The number of nitrogens with two attached hydrogens (primary N) is 1. The summed E-state index contributed by atoms with van der Waals surface area (Å²) in [6, 6.07) is 5.90. The number of hydrogen-bond acceptors (Lipinski definition) is 3. The van der Waals surface area contributed by atoms with Crippen molar-refractivity contribution in [2.75, 3.05) is 12.3 Å². The van der Waals surface area contributed by atoms with Crippen molar-refractivity contribution < 1.29 is 9.53 Å². The van der Waals surface area contributed by atoms with E-state index in [-0.39, 0.29) is 11.5 Å². The van der Waals surface area contributed by atoms with Crippen LogP contribution in [0.1, 0.15) is 45.7 Å². The fraction of sp³-hybridized carbons (Fsp3) is 0.562. The van der Waals surface area contributed by atoms with Gasteiger partial charge in [-0.3, -0.25) is 0 Å². The molecule has 0 saturated carbocycles. The lowest BCUT2D eigenvalue weighted by Gasteiger charge is -2.40. The SMILES string of the molecule is CC(C)(C)OC(=O)N1Cc2ccc(N)cc2C(C)(C)C1. The average molecular weight is 276 g/mol. The van der Waals surface area contributed by atoms with Gasteiger partial charge in [-0.05, 0) is 44.0 Å². The second-order valence-corrected chi connectivity index (χ2v) is 7.14. The van der Waals surface area contributed by atoms with Gasteiger partial charge in [0.05, 0.1) is 0 Å². The molecule has 4 nitrogen and oxygen atoms in total. The monoisotopic (exact) mass is 276 g/mol. The lowest BCUT2D eigenvalue weighted by molar-refractivity contribution is 0.0174. The van der Waals surface area contributed by atoms with Gasteiger partial charge in [0.2, 0.25) is 0 Å². The third kappa shape index (κ3) is 3.06. The van der Waals surface area contributed by atoms with E-state index < -0.39 is 5.60 Å². The standard InChI is InChI=1S/C16H24N2O2/c1-15(2,3)20-14(19)18-9-11-6-7-12(17)8-13(11)16(4,5)10-18/h6-8H,9-10,17H2,1-5H3. The van der Waals surface area contributed by atoms with Crippen molar-refractivity contribution in [3.05, 3.63) is 29.3 Å². The molecule has 0 atom stereocenters. The Balaban J connectivity index is 2.27. The first-order chi connectivity index (χ1) is 9.08. The predicted octanol–water partition coefficient (Wildman–Crippen LogP) is 3.30. The number of ether oxygens (including phenoxy) is 1. The number of amides is 1. The zero-order valence-corrected chi connectivity index (χ0v) is 13.0. The Morgan fingerprint density at radius 3 is 2.60 bits per heavy atom. The molecule has 1 aliphatic heterocycles. The van der Waals surface area contributed by atoms with Crippen LogP contribution >= 0.6 is 0 Å². The summed E-state index contributed by atoms with van der Waals surface area (Å²) in [7, 11) is 0. The summed E-state index contributed by atoms with van der Waals surface area (Å²) < 4.78 is 5.47. The molecule has 1 aromatic rings. The predicted molar refractivity (Wildman–Crippen MR) is 80.5 cm³/mol. The molecule has 2 N–H and O–H groups in total. The highest BCUT2D eigenvalue weighted by Crippen LogP contribution is 2.35. The largest absolute Gasteiger partial charge is 0.444 e. The Kier molecular flexibility index (Phi) is 3.44. The molecule has 4 heteroatoms. The van der Waals surface area contributed by atoms with Gasteiger partial charge < -0.3 is 15.4 Å². The van der Waals surface area contributed by atoms with Crippen molar-refractivity contribution in [2.45, 2.75) is 52.2 Å². The lowest BCUT2D eigenvalue weighted by atomic mass is 9.78. The Morgan fingerprint density at radius 1 is 1.35 bits per heavy atom. The van der Waals surface area contributed by atoms with Gasteiger partial charge in [-0.2, -0.15) is 0 Å². The molecule has 0 bridgehead atoms. The van der Waals surface area contributed by atoms with Gasteiger partial charge in [-0.15, -0.1) is 0 Å². The highest BCUT2D eigenvalue weighted by molar-refractivity contribution is 5.69. The van der Waals surface area contributed by atoms with Crippen LogP contribution in [0.2, 0.25) is 0 Å². The van der Waals surface area contributed by atoms with Crippen LogP contribution in [0.3, 0.4) is 0 Å². The number of nitrogens with zero attached hydrogens (tertiary/aromatic N) is 1. The summed E-state index contributed by atoms with van der Waals surface area (Å²) in [4.78, 5) is 14.0. The molecule has 1 aliphatic rings. The molecule has 20 heavy (non-hydrogen) atoms. The fourth-order valence-corrected chi connectivity index (χ4v) is 2.64. The molecule has 1 amide bonds. The zero-order chi connectivity index (χ0) is 15.1. The first-order valence-corrected chi connectivity index (χ1v) is 6.95. The molecule has 0 aromatic heterocycles. The Hall–Kier alpha value is -1.71. The van der Waals surface area contributed by atoms with Crippen LogP contribution in [0.15, 0.2) is 18.2 Å². The minimum absolute atomic E-state index is 0.125. The van der Waals surface area contributed by atoms with Crippen LogP contribution in [0.25, 0.3) is 0 Å². The second kappa shape index (κ2) is 4.69. The Morgan fingerprint density at radius 2 is 2.00 bits per heavy atom. The number of carbonyl (C=O) groups excluding carboxylic acids is 1. The summed E-state index contributed by atoms with van der Waals surface area (Å²) in [6.07, 6.45) is -0.256. The third-order valence-electron chi connectivity index (χ3n) is 3.46. The van der Waals surface area contributed by atoms with Gasteiger partial charge in [-0.1, -0.05) is 19.9 Å². The first-order valence-electron chi connectivity index (χ1n) is 6.95. The normalized spacial score (nSPS) is 17.6. The van der Waals surface area contributed by atoms with E-state index in [2.05, 4.69) is 13.8 Å². The number of carbonyl (C=O) groups is 1. The van der Waals surface area contributed by atoms with Crippen molar-refractivity contribution in [3.63, 3.8) is 0 Å². The van der Waals surface area contributed by atoms with Crippen molar-refractivity contribution in [1.82, 2.24) is 4.90 Å². The summed E-state index contributed by atoms with van der Waals surface area (Å²) in [5, 5.41) is 0. The molecule has 1 aromatic carbocycles. The van der Waals surface area contributed by atoms with E-state index in [4.69, 9.17) is 10.5 Å². The van der Waals surface area contributed by atoms with Crippen LogP contribution in [0.4, 0.5) is 10.5 Å². The Labute approximate surface area is 120 Å². The van der Waals surface area contributed by atoms with Crippen molar-refractivity contribution >= 4 is 11.8 Å².